The van der Waals surface area contributed by atoms with Crippen LogP contribution in [-0.2, 0) is 14.3 Å². The summed E-state index contributed by atoms with van der Waals surface area (Å²) in [5.41, 5.74) is 0.746. The molecule has 23 heavy (non-hydrogen) atoms. The van der Waals surface area contributed by atoms with E-state index in [1.54, 1.807) is 30.0 Å². The Kier molecular flexibility index (Phi) is 8.02. The van der Waals surface area contributed by atoms with E-state index in [1.165, 1.54) is 25.3 Å². The van der Waals surface area contributed by atoms with Gasteiger partial charge in [-0.05, 0) is 30.2 Å². The molecule has 1 aromatic rings. The smallest absolute Gasteiger partial charge is 0.310 e. The summed E-state index contributed by atoms with van der Waals surface area (Å²) in [7, 11) is 1.34. The largest absolute Gasteiger partial charge is 0.469 e. The van der Waals surface area contributed by atoms with Crippen molar-refractivity contribution in [2.45, 2.75) is 26.7 Å². The second-order valence-corrected chi connectivity index (χ2v) is 5.45. The lowest BCUT2D eigenvalue weighted by molar-refractivity contribution is -0.146. The maximum Gasteiger partial charge on any atom is 0.310 e. The van der Waals surface area contributed by atoms with Crippen molar-refractivity contribution in [3.05, 3.63) is 41.7 Å². The topological polar surface area (TPSA) is 46.6 Å². The third-order valence-electron chi connectivity index (χ3n) is 3.48. The van der Waals surface area contributed by atoms with Gasteiger partial charge in [-0.3, -0.25) is 9.59 Å². The average Bonchev–Trinajstić information content (AvgIpc) is 2.56. The number of nitrogens with zero attached hydrogens (tertiary/aromatic N) is 1. The highest BCUT2D eigenvalue weighted by Gasteiger charge is 2.19. The van der Waals surface area contributed by atoms with Crippen molar-refractivity contribution in [3.63, 3.8) is 0 Å². The number of hydrogen-bond donors (Lipinski definition) is 0. The molecule has 0 bridgehead atoms. The van der Waals surface area contributed by atoms with E-state index < -0.39 is 0 Å². The molecule has 5 heteroatoms. The number of benzene rings is 1. The number of unbranched alkanes of at least 4 members (excludes halogenated alkanes) is 1. The average molecular weight is 321 g/mol. The van der Waals surface area contributed by atoms with Crippen LogP contribution in [0.25, 0.3) is 6.08 Å². The Balaban J connectivity index is 2.74. The second-order valence-electron chi connectivity index (χ2n) is 5.45. The van der Waals surface area contributed by atoms with E-state index in [9.17, 15) is 14.0 Å². The number of halogens is 1. The quantitative estimate of drug-likeness (QED) is 0.545. The third kappa shape index (κ3) is 6.63. The first kappa shape index (κ1) is 18.9. The van der Waals surface area contributed by atoms with E-state index in [0.717, 1.165) is 18.4 Å². The Hall–Kier alpha value is -2.17. The summed E-state index contributed by atoms with van der Waals surface area (Å²) in [6.07, 6.45) is 4.92. The van der Waals surface area contributed by atoms with Gasteiger partial charge >= 0.3 is 5.97 Å². The van der Waals surface area contributed by atoms with Gasteiger partial charge in [0, 0.05) is 19.2 Å². The molecular formula is C18H24FNO3. The van der Waals surface area contributed by atoms with Crippen molar-refractivity contribution in [2.24, 2.45) is 5.92 Å². The minimum Gasteiger partial charge on any atom is -0.469 e. The summed E-state index contributed by atoms with van der Waals surface area (Å²) in [4.78, 5) is 25.5. The van der Waals surface area contributed by atoms with E-state index in [1.807, 2.05) is 6.92 Å². The van der Waals surface area contributed by atoms with Crippen LogP contribution in [0.1, 0.15) is 32.3 Å². The van der Waals surface area contributed by atoms with Crippen LogP contribution in [0.3, 0.4) is 0 Å². The Morgan fingerprint density at radius 2 is 1.96 bits per heavy atom. The molecule has 1 amide bonds. The van der Waals surface area contributed by atoms with Crippen LogP contribution in [0.2, 0.25) is 0 Å². The molecule has 1 atom stereocenters. The zero-order valence-corrected chi connectivity index (χ0v) is 13.9. The molecule has 0 aromatic heterocycles. The Labute approximate surface area is 136 Å². The Bertz CT molecular complexity index is 540. The highest BCUT2D eigenvalue weighted by atomic mass is 19.1. The predicted octanol–water partition coefficient (Wildman–Crippen LogP) is 3.28. The highest BCUT2D eigenvalue weighted by Crippen LogP contribution is 2.08. The minimum absolute atomic E-state index is 0.168. The molecule has 0 heterocycles. The first-order chi connectivity index (χ1) is 11.0. The highest BCUT2D eigenvalue weighted by molar-refractivity contribution is 5.92. The van der Waals surface area contributed by atoms with Crippen molar-refractivity contribution >= 4 is 18.0 Å². The zero-order chi connectivity index (χ0) is 17.2. The zero-order valence-electron chi connectivity index (χ0n) is 13.9. The van der Waals surface area contributed by atoms with Crippen LogP contribution in [0.5, 0.6) is 0 Å². The normalized spacial score (nSPS) is 12.2. The number of carbonyl (C=O) groups is 2. The lowest BCUT2D eigenvalue weighted by atomic mass is 10.1. The fourth-order valence-corrected chi connectivity index (χ4v) is 2.09. The number of carbonyl (C=O) groups excluding carboxylic acids is 2. The predicted molar refractivity (Wildman–Crippen MR) is 88.1 cm³/mol. The molecule has 0 fully saturated rings. The first-order valence-corrected chi connectivity index (χ1v) is 7.78. The van der Waals surface area contributed by atoms with Crippen LogP contribution in [0.15, 0.2) is 30.3 Å². The number of esters is 1. The van der Waals surface area contributed by atoms with Crippen LogP contribution in [0, 0.1) is 11.7 Å². The van der Waals surface area contributed by atoms with Crippen molar-refractivity contribution < 1.29 is 18.7 Å². The number of rotatable bonds is 8. The van der Waals surface area contributed by atoms with E-state index in [4.69, 9.17) is 4.74 Å². The molecule has 1 rings (SSSR count). The van der Waals surface area contributed by atoms with Crippen molar-refractivity contribution in [1.29, 1.82) is 0 Å². The van der Waals surface area contributed by atoms with E-state index in [-0.39, 0.29) is 23.6 Å². The summed E-state index contributed by atoms with van der Waals surface area (Å²) >= 11 is 0. The van der Waals surface area contributed by atoms with Crippen LogP contribution in [0.4, 0.5) is 4.39 Å². The van der Waals surface area contributed by atoms with Gasteiger partial charge in [0.1, 0.15) is 5.82 Å². The SMILES string of the molecule is CCCCN(CC(C)C(=O)OC)C(=O)/C=C/c1ccc(F)cc1. The number of hydrogen-bond acceptors (Lipinski definition) is 3. The van der Waals surface area contributed by atoms with Gasteiger partial charge in [0.05, 0.1) is 13.0 Å². The van der Waals surface area contributed by atoms with Crippen molar-refractivity contribution in [2.75, 3.05) is 20.2 Å². The lowest BCUT2D eigenvalue weighted by Gasteiger charge is -2.23. The Morgan fingerprint density at radius 3 is 2.52 bits per heavy atom. The molecule has 0 aliphatic heterocycles. The van der Waals surface area contributed by atoms with E-state index in [0.29, 0.717) is 13.1 Å². The van der Waals surface area contributed by atoms with Crippen LogP contribution in [-0.4, -0.2) is 37.0 Å². The molecule has 0 radical (unpaired) electrons. The fourth-order valence-electron chi connectivity index (χ4n) is 2.09. The molecule has 0 spiro atoms. The van der Waals surface area contributed by atoms with Gasteiger partial charge in [0.2, 0.25) is 5.91 Å². The maximum atomic E-state index is 12.9. The third-order valence-corrected chi connectivity index (χ3v) is 3.48. The molecule has 0 saturated heterocycles. The van der Waals surface area contributed by atoms with Gasteiger partial charge < -0.3 is 9.64 Å². The van der Waals surface area contributed by atoms with Crippen molar-refractivity contribution in [3.8, 4) is 0 Å². The number of amides is 1. The van der Waals surface area contributed by atoms with Crippen molar-refractivity contribution in [1.82, 2.24) is 4.90 Å². The Morgan fingerprint density at radius 1 is 1.30 bits per heavy atom. The lowest BCUT2D eigenvalue weighted by Crippen LogP contribution is -2.37. The molecular weight excluding hydrogens is 297 g/mol. The van der Waals surface area contributed by atoms with Crippen LogP contribution < -0.4 is 0 Å². The number of ether oxygens (including phenoxy) is 1. The van der Waals surface area contributed by atoms with Gasteiger partial charge in [-0.15, -0.1) is 0 Å². The molecule has 0 saturated carbocycles. The molecule has 1 unspecified atom stereocenters. The van der Waals surface area contributed by atoms with Gasteiger partial charge in [0.25, 0.3) is 0 Å². The summed E-state index contributed by atoms with van der Waals surface area (Å²) in [5, 5.41) is 0. The van der Waals surface area contributed by atoms with Gasteiger partial charge in [-0.1, -0.05) is 32.4 Å². The monoisotopic (exact) mass is 321 g/mol. The first-order valence-electron chi connectivity index (χ1n) is 7.78. The fraction of sp³-hybridized carbons (Fsp3) is 0.444. The van der Waals surface area contributed by atoms with Crippen LogP contribution >= 0.6 is 0 Å². The molecule has 1 aromatic carbocycles. The molecule has 4 nitrogen and oxygen atoms in total. The van der Waals surface area contributed by atoms with Gasteiger partial charge in [-0.2, -0.15) is 0 Å². The molecule has 0 aliphatic rings. The molecule has 0 N–H and O–H groups in total. The molecule has 0 aliphatic carbocycles. The molecule has 126 valence electrons. The van der Waals surface area contributed by atoms with Gasteiger partial charge in [0.15, 0.2) is 0 Å². The van der Waals surface area contributed by atoms with E-state index in [2.05, 4.69) is 0 Å². The summed E-state index contributed by atoms with van der Waals surface area (Å²) in [5.74, 6) is -1.19. The standard InChI is InChI=1S/C18H24FNO3/c1-4-5-12-20(13-14(2)18(22)23-3)17(21)11-8-15-6-9-16(19)10-7-15/h6-11,14H,4-5,12-13H2,1-3H3/b11-8+. The summed E-state index contributed by atoms with van der Waals surface area (Å²) < 4.78 is 17.6. The van der Waals surface area contributed by atoms with Gasteiger partial charge in [-0.25, -0.2) is 4.39 Å². The summed E-state index contributed by atoms with van der Waals surface area (Å²) in [6.45, 7) is 4.69. The number of methoxy groups -OCH3 is 1. The summed E-state index contributed by atoms with van der Waals surface area (Å²) in [6, 6.07) is 5.90. The van der Waals surface area contributed by atoms with E-state index >= 15 is 0 Å². The maximum absolute atomic E-state index is 12.9. The second kappa shape index (κ2) is 9.77. The minimum atomic E-state index is -0.375.